The van der Waals surface area contributed by atoms with Gasteiger partial charge in [0.2, 0.25) is 0 Å². The first-order valence-corrected chi connectivity index (χ1v) is 7.71. The second kappa shape index (κ2) is 6.55. The molecule has 0 aromatic heterocycles. The number of alkyl halides is 2. The molecule has 1 unspecified atom stereocenters. The van der Waals surface area contributed by atoms with Crippen molar-refractivity contribution in [2.45, 2.75) is 37.3 Å². The van der Waals surface area contributed by atoms with E-state index in [1.807, 2.05) is 0 Å². The molecular formula is C17H20F2O4. The Morgan fingerprint density at radius 3 is 2.70 bits per heavy atom. The Hall–Kier alpha value is -1.50. The Labute approximate surface area is 133 Å². The molecule has 0 spiro atoms. The third-order valence-corrected chi connectivity index (χ3v) is 4.43. The number of aliphatic hydroxyl groups is 2. The molecule has 1 saturated carbocycles. The molecule has 2 fully saturated rings. The van der Waals surface area contributed by atoms with Crippen molar-refractivity contribution in [1.29, 1.82) is 0 Å². The standard InChI is InChI=1S/C17H20F2O4/c18-17(19,10-22-11-4-2-1-3-5-11)7-6-12-13-8-16(21)23-15(13)9-14(12)20/h1-7,12-16,20-21H,8-10H2/b7-6+/t12-,13-,14-,15+,16?/m1/s1. The third kappa shape index (κ3) is 3.88. The van der Waals surface area contributed by atoms with Crippen LogP contribution in [0.2, 0.25) is 0 Å². The van der Waals surface area contributed by atoms with E-state index in [4.69, 9.17) is 9.47 Å². The predicted octanol–water partition coefficient (Wildman–Crippen LogP) is 2.36. The highest BCUT2D eigenvalue weighted by atomic mass is 19.3. The van der Waals surface area contributed by atoms with E-state index in [2.05, 4.69) is 0 Å². The van der Waals surface area contributed by atoms with E-state index in [1.165, 1.54) is 6.08 Å². The van der Waals surface area contributed by atoms with Crippen LogP contribution in [0.5, 0.6) is 5.75 Å². The topological polar surface area (TPSA) is 58.9 Å². The highest BCUT2D eigenvalue weighted by Crippen LogP contribution is 2.43. The van der Waals surface area contributed by atoms with Gasteiger partial charge in [-0.2, -0.15) is 8.78 Å². The zero-order valence-corrected chi connectivity index (χ0v) is 12.5. The number of benzene rings is 1. The van der Waals surface area contributed by atoms with Crippen LogP contribution in [0.15, 0.2) is 42.5 Å². The molecule has 1 aliphatic carbocycles. The van der Waals surface area contributed by atoms with Gasteiger partial charge in [-0.05, 0) is 24.1 Å². The van der Waals surface area contributed by atoms with Crippen LogP contribution in [-0.2, 0) is 4.74 Å². The van der Waals surface area contributed by atoms with Gasteiger partial charge in [0.15, 0.2) is 12.9 Å². The number of halogens is 2. The lowest BCUT2D eigenvalue weighted by atomic mass is 9.91. The summed E-state index contributed by atoms with van der Waals surface area (Å²) in [5.41, 5.74) is 0. The normalized spacial score (nSPS) is 34.0. The average molecular weight is 326 g/mol. The zero-order chi connectivity index (χ0) is 16.4. The predicted molar refractivity (Wildman–Crippen MR) is 79.1 cm³/mol. The van der Waals surface area contributed by atoms with Crippen LogP contribution in [0.3, 0.4) is 0 Å². The summed E-state index contributed by atoms with van der Waals surface area (Å²) >= 11 is 0. The maximum Gasteiger partial charge on any atom is 0.299 e. The van der Waals surface area contributed by atoms with Gasteiger partial charge in [0, 0.05) is 18.8 Å². The Morgan fingerprint density at radius 2 is 1.96 bits per heavy atom. The molecule has 0 amide bonds. The molecule has 1 aromatic rings. The molecule has 5 atom stereocenters. The molecule has 3 rings (SSSR count). The first-order valence-electron chi connectivity index (χ1n) is 7.71. The first kappa shape index (κ1) is 16.4. The summed E-state index contributed by atoms with van der Waals surface area (Å²) < 4.78 is 38.2. The van der Waals surface area contributed by atoms with Gasteiger partial charge in [0.1, 0.15) is 5.75 Å². The smallest absolute Gasteiger partial charge is 0.299 e. The summed E-state index contributed by atoms with van der Waals surface area (Å²) in [6, 6.07) is 8.43. The van der Waals surface area contributed by atoms with Gasteiger partial charge < -0.3 is 19.7 Å². The Balaban J connectivity index is 1.59. The summed E-state index contributed by atoms with van der Waals surface area (Å²) in [7, 11) is 0. The fourth-order valence-corrected chi connectivity index (χ4v) is 3.33. The minimum Gasteiger partial charge on any atom is -0.487 e. The van der Waals surface area contributed by atoms with Crippen molar-refractivity contribution in [3.05, 3.63) is 42.5 Å². The molecule has 1 saturated heterocycles. The van der Waals surface area contributed by atoms with Gasteiger partial charge in [-0.1, -0.05) is 24.3 Å². The van der Waals surface area contributed by atoms with Gasteiger partial charge >= 0.3 is 0 Å². The molecule has 23 heavy (non-hydrogen) atoms. The molecule has 0 bridgehead atoms. The number of fused-ring (bicyclic) bond motifs is 1. The van der Waals surface area contributed by atoms with Crippen molar-refractivity contribution >= 4 is 0 Å². The molecule has 2 aliphatic rings. The molecule has 126 valence electrons. The van der Waals surface area contributed by atoms with Crippen molar-refractivity contribution in [3.8, 4) is 5.75 Å². The quantitative estimate of drug-likeness (QED) is 0.816. The van der Waals surface area contributed by atoms with E-state index >= 15 is 0 Å². The fourth-order valence-electron chi connectivity index (χ4n) is 3.33. The van der Waals surface area contributed by atoms with Crippen molar-refractivity contribution in [1.82, 2.24) is 0 Å². The highest BCUT2D eigenvalue weighted by Gasteiger charge is 2.48. The largest absolute Gasteiger partial charge is 0.487 e. The monoisotopic (exact) mass is 326 g/mol. The Morgan fingerprint density at radius 1 is 1.22 bits per heavy atom. The number of rotatable bonds is 5. The van der Waals surface area contributed by atoms with Gasteiger partial charge in [0.05, 0.1) is 12.2 Å². The molecule has 1 aromatic carbocycles. The maximum atomic E-state index is 13.9. The number of ether oxygens (including phenoxy) is 2. The SMILES string of the molecule is OC1C[C@@H]2[C@@H](/C=C/C(F)(F)COc3ccccc3)[C@H](O)C[C@@H]2O1. The van der Waals surface area contributed by atoms with Gasteiger partial charge in [-0.25, -0.2) is 0 Å². The number of para-hydroxylation sites is 1. The second-order valence-electron chi connectivity index (χ2n) is 6.13. The van der Waals surface area contributed by atoms with Crippen LogP contribution in [0.4, 0.5) is 8.78 Å². The number of aliphatic hydroxyl groups excluding tert-OH is 2. The molecule has 1 heterocycles. The van der Waals surface area contributed by atoms with Crippen molar-refractivity contribution in [2.75, 3.05) is 6.61 Å². The van der Waals surface area contributed by atoms with E-state index in [9.17, 15) is 19.0 Å². The summed E-state index contributed by atoms with van der Waals surface area (Å²) in [5.74, 6) is -3.30. The van der Waals surface area contributed by atoms with Gasteiger partial charge in [-0.3, -0.25) is 0 Å². The summed E-state index contributed by atoms with van der Waals surface area (Å²) in [4.78, 5) is 0. The molecule has 2 N–H and O–H groups in total. The van der Waals surface area contributed by atoms with Gasteiger partial charge in [-0.15, -0.1) is 0 Å². The summed E-state index contributed by atoms with van der Waals surface area (Å²) in [5, 5.41) is 19.5. The Kier molecular flexibility index (Phi) is 4.66. The number of hydrogen-bond donors (Lipinski definition) is 2. The third-order valence-electron chi connectivity index (χ3n) is 4.43. The van der Waals surface area contributed by atoms with Crippen LogP contribution < -0.4 is 4.74 Å². The first-order chi connectivity index (χ1) is 10.9. The van der Waals surface area contributed by atoms with E-state index in [-0.39, 0.29) is 12.0 Å². The van der Waals surface area contributed by atoms with Crippen LogP contribution in [0, 0.1) is 11.8 Å². The molecule has 4 nitrogen and oxygen atoms in total. The lowest BCUT2D eigenvalue weighted by Crippen LogP contribution is -2.25. The summed E-state index contributed by atoms with van der Waals surface area (Å²) in [6.45, 7) is -0.760. The fraction of sp³-hybridized carbons (Fsp3) is 0.529. The molecule has 6 heteroatoms. The van der Waals surface area contributed by atoms with Crippen LogP contribution in [0.1, 0.15) is 12.8 Å². The molecule has 1 aliphatic heterocycles. The van der Waals surface area contributed by atoms with Crippen LogP contribution in [-0.4, -0.2) is 41.2 Å². The van der Waals surface area contributed by atoms with E-state index in [0.29, 0.717) is 18.6 Å². The highest BCUT2D eigenvalue weighted by molar-refractivity contribution is 5.21. The van der Waals surface area contributed by atoms with E-state index in [0.717, 1.165) is 6.08 Å². The van der Waals surface area contributed by atoms with E-state index in [1.54, 1.807) is 30.3 Å². The Bertz CT molecular complexity index is 549. The van der Waals surface area contributed by atoms with Crippen molar-refractivity contribution in [3.63, 3.8) is 0 Å². The maximum absolute atomic E-state index is 13.9. The van der Waals surface area contributed by atoms with E-state index < -0.39 is 30.8 Å². The second-order valence-corrected chi connectivity index (χ2v) is 6.13. The lowest BCUT2D eigenvalue weighted by Gasteiger charge is -2.18. The minimum atomic E-state index is -3.13. The van der Waals surface area contributed by atoms with Gasteiger partial charge in [0.25, 0.3) is 5.92 Å². The lowest BCUT2D eigenvalue weighted by molar-refractivity contribution is -0.0949. The van der Waals surface area contributed by atoms with Crippen LogP contribution >= 0.6 is 0 Å². The summed E-state index contributed by atoms with van der Waals surface area (Å²) in [6.07, 6.45) is 1.01. The average Bonchev–Trinajstić information content (AvgIpc) is 2.99. The van der Waals surface area contributed by atoms with Crippen molar-refractivity contribution in [2.24, 2.45) is 11.8 Å². The number of hydrogen-bond acceptors (Lipinski definition) is 4. The van der Waals surface area contributed by atoms with Crippen molar-refractivity contribution < 1.29 is 28.5 Å². The van der Waals surface area contributed by atoms with Crippen LogP contribution in [0.25, 0.3) is 0 Å². The zero-order valence-electron chi connectivity index (χ0n) is 12.5. The molecule has 0 radical (unpaired) electrons. The minimum absolute atomic E-state index is 0.123. The molecular weight excluding hydrogens is 306 g/mol.